The first-order valence-electron chi connectivity index (χ1n) is 7.26. The number of ether oxygens (including phenoxy) is 1. The molecule has 1 N–H and O–H groups in total. The van der Waals surface area contributed by atoms with Crippen molar-refractivity contribution in [2.75, 3.05) is 33.4 Å². The number of nitrogens with zero attached hydrogens (tertiary/aromatic N) is 1. The second kappa shape index (κ2) is 7.98. The smallest absolute Gasteiger partial charge is 0.389 e. The van der Waals surface area contributed by atoms with E-state index in [1.54, 1.807) is 7.11 Å². The summed E-state index contributed by atoms with van der Waals surface area (Å²) in [6.45, 7) is 1.33. The van der Waals surface area contributed by atoms with Gasteiger partial charge >= 0.3 is 6.18 Å². The summed E-state index contributed by atoms with van der Waals surface area (Å²) in [7, 11) is 1.60. The van der Waals surface area contributed by atoms with Crippen LogP contribution in [0.4, 0.5) is 13.2 Å². The molecule has 0 aliphatic carbocycles. The van der Waals surface area contributed by atoms with Gasteiger partial charge in [0.25, 0.3) is 0 Å². The van der Waals surface area contributed by atoms with Gasteiger partial charge in [-0.1, -0.05) is 0 Å². The number of alkyl halides is 3. The van der Waals surface area contributed by atoms with E-state index in [2.05, 4.69) is 0 Å². The number of methoxy groups -OCH3 is 1. The summed E-state index contributed by atoms with van der Waals surface area (Å²) in [6, 6.07) is 0. The van der Waals surface area contributed by atoms with Gasteiger partial charge in [-0.3, -0.25) is 4.79 Å². The number of aliphatic hydroxyl groups excluding tert-OH is 1. The first kappa shape index (κ1) is 18.2. The summed E-state index contributed by atoms with van der Waals surface area (Å²) in [5.41, 5.74) is -0.398. The first-order valence-corrected chi connectivity index (χ1v) is 7.26. The lowest BCUT2D eigenvalue weighted by molar-refractivity contribution is -0.151. The number of likely N-dealkylation sites (tertiary alicyclic amines) is 1. The number of hydrogen-bond donors (Lipinski definition) is 1. The van der Waals surface area contributed by atoms with Gasteiger partial charge in [0.15, 0.2) is 0 Å². The Balaban J connectivity index is 2.54. The number of hydrogen-bond acceptors (Lipinski definition) is 3. The quantitative estimate of drug-likeness (QED) is 0.734. The van der Waals surface area contributed by atoms with Crippen LogP contribution in [0.5, 0.6) is 0 Å². The zero-order valence-electron chi connectivity index (χ0n) is 12.4. The highest BCUT2D eigenvalue weighted by atomic mass is 19.4. The average Bonchev–Trinajstić information content (AvgIpc) is 2.44. The van der Waals surface area contributed by atoms with Crippen LogP contribution in [0, 0.1) is 5.41 Å². The molecule has 1 atom stereocenters. The molecule has 0 aromatic heterocycles. The summed E-state index contributed by atoms with van der Waals surface area (Å²) < 4.78 is 41.5. The van der Waals surface area contributed by atoms with Crippen molar-refractivity contribution in [2.45, 2.75) is 44.7 Å². The van der Waals surface area contributed by atoms with Crippen LogP contribution in [0.25, 0.3) is 0 Å². The topological polar surface area (TPSA) is 49.8 Å². The van der Waals surface area contributed by atoms with E-state index in [-0.39, 0.29) is 6.61 Å². The average molecular weight is 311 g/mol. The maximum Gasteiger partial charge on any atom is 0.389 e. The number of aliphatic hydroxyl groups is 1. The van der Waals surface area contributed by atoms with Gasteiger partial charge in [0, 0.05) is 38.6 Å². The Morgan fingerprint density at radius 1 is 1.43 bits per heavy atom. The van der Waals surface area contributed by atoms with Crippen LogP contribution in [0.15, 0.2) is 0 Å². The predicted octanol–water partition coefficient (Wildman–Crippen LogP) is 2.36. The maximum atomic E-state index is 12.2. The molecule has 21 heavy (non-hydrogen) atoms. The summed E-state index contributed by atoms with van der Waals surface area (Å²) in [5.74, 6) is -0.475. The minimum absolute atomic E-state index is 0.0558. The van der Waals surface area contributed by atoms with Gasteiger partial charge in [-0.2, -0.15) is 13.2 Å². The van der Waals surface area contributed by atoms with Gasteiger partial charge < -0.3 is 14.7 Å². The normalized spacial score (nSPS) is 23.4. The molecule has 1 aliphatic heterocycles. The summed E-state index contributed by atoms with van der Waals surface area (Å²) in [5, 5.41) is 9.64. The largest absolute Gasteiger partial charge is 0.396 e. The van der Waals surface area contributed by atoms with E-state index in [9.17, 15) is 23.1 Å². The Hall–Kier alpha value is -0.820. The molecule has 1 aliphatic rings. The van der Waals surface area contributed by atoms with Gasteiger partial charge in [0.2, 0.25) is 5.91 Å². The molecular formula is C14H24F3NO3. The highest BCUT2D eigenvalue weighted by molar-refractivity contribution is 5.76. The molecule has 0 radical (unpaired) electrons. The number of amides is 1. The number of halogens is 3. The minimum atomic E-state index is -4.31. The molecule has 0 saturated carbocycles. The van der Waals surface area contributed by atoms with Gasteiger partial charge in [-0.15, -0.1) is 0 Å². The molecule has 0 unspecified atom stereocenters. The molecule has 0 spiro atoms. The van der Waals surface area contributed by atoms with Crippen LogP contribution in [-0.2, 0) is 9.53 Å². The molecule has 1 saturated heterocycles. The standard InChI is InChI=1S/C14H24F3NO3/c1-21-9-3-6-13(11-19)5-2-8-18(10-13)12(20)4-7-14(15,16)17/h19H,2-11H2,1H3/t13-/m0/s1. The summed E-state index contributed by atoms with van der Waals surface area (Å²) in [6.07, 6.45) is -2.93. The fraction of sp³-hybridized carbons (Fsp3) is 0.929. The van der Waals surface area contributed by atoms with Crippen molar-refractivity contribution in [3.05, 3.63) is 0 Å². The zero-order valence-corrected chi connectivity index (χ0v) is 12.4. The molecule has 0 bridgehead atoms. The monoisotopic (exact) mass is 311 g/mol. The second-order valence-electron chi connectivity index (χ2n) is 5.79. The van der Waals surface area contributed by atoms with E-state index in [1.807, 2.05) is 0 Å². The van der Waals surface area contributed by atoms with Crippen molar-refractivity contribution in [1.29, 1.82) is 0 Å². The molecule has 1 amide bonds. The lowest BCUT2D eigenvalue weighted by Gasteiger charge is -2.42. The Bertz CT molecular complexity index is 336. The highest BCUT2D eigenvalue weighted by Crippen LogP contribution is 2.35. The van der Waals surface area contributed by atoms with Crippen LogP contribution in [-0.4, -0.2) is 55.5 Å². The molecule has 1 heterocycles. The third-order valence-corrected chi connectivity index (χ3v) is 4.03. The van der Waals surface area contributed by atoms with Crippen molar-refractivity contribution in [1.82, 2.24) is 4.90 Å². The van der Waals surface area contributed by atoms with Crippen molar-refractivity contribution >= 4 is 5.91 Å². The molecule has 0 aromatic carbocycles. The molecule has 7 heteroatoms. The lowest BCUT2D eigenvalue weighted by Crippen LogP contribution is -2.48. The van der Waals surface area contributed by atoms with Gasteiger partial charge in [0.05, 0.1) is 13.0 Å². The van der Waals surface area contributed by atoms with Gasteiger partial charge in [0.1, 0.15) is 0 Å². The van der Waals surface area contributed by atoms with E-state index in [1.165, 1.54) is 4.90 Å². The van der Waals surface area contributed by atoms with E-state index >= 15 is 0 Å². The molecule has 4 nitrogen and oxygen atoms in total. The molecule has 124 valence electrons. The Morgan fingerprint density at radius 2 is 2.14 bits per heavy atom. The van der Waals surface area contributed by atoms with Crippen LogP contribution < -0.4 is 0 Å². The van der Waals surface area contributed by atoms with Crippen LogP contribution in [0.3, 0.4) is 0 Å². The Labute approximate surface area is 123 Å². The summed E-state index contributed by atoms with van der Waals surface area (Å²) >= 11 is 0. The van der Waals surface area contributed by atoms with Crippen LogP contribution in [0.2, 0.25) is 0 Å². The Kier molecular flexibility index (Phi) is 6.93. The molecule has 1 rings (SSSR count). The summed E-state index contributed by atoms with van der Waals surface area (Å²) in [4.78, 5) is 13.4. The number of carbonyl (C=O) groups excluding carboxylic acids is 1. The van der Waals surface area contributed by atoms with E-state index in [0.717, 1.165) is 12.8 Å². The highest BCUT2D eigenvalue weighted by Gasteiger charge is 2.37. The van der Waals surface area contributed by atoms with Crippen molar-refractivity contribution < 1.29 is 27.8 Å². The van der Waals surface area contributed by atoms with Crippen molar-refractivity contribution in [2.24, 2.45) is 5.41 Å². The van der Waals surface area contributed by atoms with Crippen molar-refractivity contribution in [3.63, 3.8) is 0 Å². The van der Waals surface area contributed by atoms with Crippen LogP contribution >= 0.6 is 0 Å². The molecular weight excluding hydrogens is 287 g/mol. The van der Waals surface area contributed by atoms with Crippen molar-refractivity contribution in [3.8, 4) is 0 Å². The first-order chi connectivity index (χ1) is 9.82. The van der Waals surface area contributed by atoms with E-state index in [4.69, 9.17) is 4.74 Å². The number of rotatable bonds is 7. The third kappa shape index (κ3) is 6.22. The zero-order chi connectivity index (χ0) is 15.9. The number of carbonyl (C=O) groups is 1. The van der Waals surface area contributed by atoms with E-state index < -0.39 is 30.3 Å². The van der Waals surface area contributed by atoms with Gasteiger partial charge in [-0.05, 0) is 25.7 Å². The fourth-order valence-corrected chi connectivity index (χ4v) is 2.83. The van der Waals surface area contributed by atoms with E-state index in [0.29, 0.717) is 32.5 Å². The number of piperidine rings is 1. The fourth-order valence-electron chi connectivity index (χ4n) is 2.83. The molecule has 0 aromatic rings. The van der Waals surface area contributed by atoms with Crippen LogP contribution in [0.1, 0.15) is 38.5 Å². The minimum Gasteiger partial charge on any atom is -0.396 e. The van der Waals surface area contributed by atoms with Gasteiger partial charge in [-0.25, -0.2) is 0 Å². The SMILES string of the molecule is COCCC[C@@]1(CO)CCCN(C(=O)CCC(F)(F)F)C1. The lowest BCUT2D eigenvalue weighted by atomic mass is 9.77. The maximum absolute atomic E-state index is 12.2. The third-order valence-electron chi connectivity index (χ3n) is 4.03. The predicted molar refractivity (Wildman–Crippen MR) is 71.7 cm³/mol. The molecule has 1 fully saturated rings. The Morgan fingerprint density at radius 3 is 2.71 bits per heavy atom. The second-order valence-corrected chi connectivity index (χ2v) is 5.79.